The third kappa shape index (κ3) is 7.65. The summed E-state index contributed by atoms with van der Waals surface area (Å²) in [6, 6.07) is 0. The molecule has 2 N–H and O–H groups in total. The fourth-order valence-electron chi connectivity index (χ4n) is 1.74. The topological polar surface area (TPSA) is 75.6 Å². The first kappa shape index (κ1) is 17.4. The monoisotopic (exact) mass is 312 g/mol. The highest BCUT2D eigenvalue weighted by molar-refractivity contribution is 7.11. The second kappa shape index (κ2) is 10.1. The predicted octanol–water partition coefficient (Wildman–Crippen LogP) is 1.85. The lowest BCUT2D eigenvalue weighted by atomic mass is 10.2. The number of carbonyl (C=O) groups excluding carboxylic acids is 1. The quantitative estimate of drug-likeness (QED) is 0.332. The molecule has 0 aromatic carbocycles. The Bertz CT molecular complexity index is 460. The normalized spacial score (nSPS) is 11.3. The Labute approximate surface area is 130 Å². The van der Waals surface area contributed by atoms with Gasteiger partial charge < -0.3 is 15.4 Å². The van der Waals surface area contributed by atoms with E-state index in [0.29, 0.717) is 13.0 Å². The Morgan fingerprint density at radius 1 is 1.38 bits per heavy atom. The molecule has 0 saturated heterocycles. The number of rotatable bonds is 8. The summed E-state index contributed by atoms with van der Waals surface area (Å²) >= 11 is 1.68. The molecule has 0 unspecified atom stereocenters. The van der Waals surface area contributed by atoms with Crippen molar-refractivity contribution in [1.29, 1.82) is 0 Å². The number of carbonyl (C=O) groups is 1. The molecule has 21 heavy (non-hydrogen) atoms. The number of aromatic nitrogens is 1. The van der Waals surface area contributed by atoms with Crippen molar-refractivity contribution in [3.63, 3.8) is 0 Å². The first-order chi connectivity index (χ1) is 10.2. The number of hydrogen-bond acceptors (Lipinski definition) is 5. The molecule has 1 rings (SSSR count). The summed E-state index contributed by atoms with van der Waals surface area (Å²) < 4.78 is 4.60. The van der Waals surface area contributed by atoms with Gasteiger partial charge in [-0.05, 0) is 19.8 Å². The van der Waals surface area contributed by atoms with Gasteiger partial charge in [0.15, 0.2) is 5.96 Å². The van der Waals surface area contributed by atoms with Gasteiger partial charge in [-0.3, -0.25) is 9.79 Å². The highest BCUT2D eigenvalue weighted by Crippen LogP contribution is 2.10. The minimum atomic E-state index is -0.140. The van der Waals surface area contributed by atoms with Crippen molar-refractivity contribution in [2.24, 2.45) is 4.99 Å². The van der Waals surface area contributed by atoms with Crippen LogP contribution in [0.1, 0.15) is 35.6 Å². The van der Waals surface area contributed by atoms with Gasteiger partial charge in [0.1, 0.15) is 5.01 Å². The third-order valence-corrected chi connectivity index (χ3v) is 3.79. The van der Waals surface area contributed by atoms with E-state index >= 15 is 0 Å². The van der Waals surface area contributed by atoms with E-state index in [2.05, 4.69) is 25.3 Å². The van der Waals surface area contributed by atoms with Crippen LogP contribution in [-0.2, 0) is 16.1 Å². The molecular weight excluding hydrogens is 288 g/mol. The molecule has 7 heteroatoms. The molecule has 0 saturated carbocycles. The maximum Gasteiger partial charge on any atom is 0.305 e. The molecule has 118 valence electrons. The minimum Gasteiger partial charge on any atom is -0.469 e. The molecule has 0 bridgehead atoms. The van der Waals surface area contributed by atoms with Gasteiger partial charge in [-0.25, -0.2) is 4.98 Å². The van der Waals surface area contributed by atoms with Crippen LogP contribution < -0.4 is 10.6 Å². The Kier molecular flexibility index (Phi) is 8.42. The van der Waals surface area contributed by atoms with Crippen molar-refractivity contribution < 1.29 is 9.53 Å². The van der Waals surface area contributed by atoms with E-state index in [1.165, 1.54) is 12.0 Å². The summed E-state index contributed by atoms with van der Waals surface area (Å²) in [5.74, 6) is 0.634. The molecule has 0 aliphatic carbocycles. The highest BCUT2D eigenvalue weighted by Gasteiger charge is 2.02. The van der Waals surface area contributed by atoms with E-state index < -0.39 is 0 Å². The van der Waals surface area contributed by atoms with E-state index in [1.54, 1.807) is 18.4 Å². The summed E-state index contributed by atoms with van der Waals surface area (Å²) in [4.78, 5) is 20.6. The molecule has 0 aliphatic rings. The first-order valence-electron chi connectivity index (χ1n) is 7.08. The van der Waals surface area contributed by atoms with E-state index in [1.807, 2.05) is 13.1 Å². The number of unbranched alkanes of at least 4 members (excludes halogenated alkanes) is 2. The molecule has 1 heterocycles. The second-order valence-corrected chi connectivity index (χ2v) is 5.92. The van der Waals surface area contributed by atoms with Crippen LogP contribution in [0.2, 0.25) is 0 Å². The zero-order valence-electron chi connectivity index (χ0n) is 12.9. The van der Waals surface area contributed by atoms with E-state index in [4.69, 9.17) is 0 Å². The van der Waals surface area contributed by atoms with Crippen LogP contribution in [0.25, 0.3) is 0 Å². The van der Waals surface area contributed by atoms with Crippen molar-refractivity contribution in [2.45, 2.75) is 39.2 Å². The Morgan fingerprint density at radius 2 is 2.19 bits per heavy atom. The summed E-state index contributed by atoms with van der Waals surface area (Å²) in [7, 11) is 3.17. The average molecular weight is 312 g/mol. The largest absolute Gasteiger partial charge is 0.469 e. The van der Waals surface area contributed by atoms with Crippen LogP contribution in [0, 0.1) is 6.92 Å². The molecule has 0 fully saturated rings. The second-order valence-electron chi connectivity index (χ2n) is 4.60. The summed E-state index contributed by atoms with van der Waals surface area (Å²) in [6.45, 7) is 3.56. The molecule has 6 nitrogen and oxygen atoms in total. The van der Waals surface area contributed by atoms with Gasteiger partial charge in [-0.15, -0.1) is 11.3 Å². The first-order valence-corrected chi connectivity index (χ1v) is 7.90. The Hall–Kier alpha value is -1.63. The van der Waals surface area contributed by atoms with E-state index in [0.717, 1.165) is 36.8 Å². The molecule has 0 amide bonds. The lowest BCUT2D eigenvalue weighted by molar-refractivity contribution is -0.140. The number of esters is 1. The minimum absolute atomic E-state index is 0.140. The lowest BCUT2D eigenvalue weighted by Gasteiger charge is -2.10. The van der Waals surface area contributed by atoms with Gasteiger partial charge in [-0.2, -0.15) is 0 Å². The smallest absolute Gasteiger partial charge is 0.305 e. The standard InChI is InChI=1S/C14H24N4O2S/c1-11-9-17-12(21-11)10-18-14(15-2)16-8-6-4-5-7-13(19)20-3/h9H,4-8,10H2,1-3H3,(H2,15,16,18). The third-order valence-electron chi connectivity index (χ3n) is 2.88. The number of methoxy groups -OCH3 is 1. The summed E-state index contributed by atoms with van der Waals surface area (Å²) in [5, 5.41) is 7.53. The van der Waals surface area contributed by atoms with Crippen LogP contribution in [0.15, 0.2) is 11.2 Å². The van der Waals surface area contributed by atoms with Gasteiger partial charge in [0.25, 0.3) is 0 Å². The fourth-order valence-corrected chi connectivity index (χ4v) is 2.47. The number of hydrogen-bond donors (Lipinski definition) is 2. The SMILES string of the molecule is CN=C(NCCCCCC(=O)OC)NCc1ncc(C)s1. The maximum atomic E-state index is 10.9. The van der Waals surface area contributed by atoms with E-state index in [9.17, 15) is 4.79 Å². The predicted molar refractivity (Wildman–Crippen MR) is 85.5 cm³/mol. The zero-order valence-corrected chi connectivity index (χ0v) is 13.8. The number of aryl methyl sites for hydroxylation is 1. The van der Waals surface area contributed by atoms with Crippen molar-refractivity contribution >= 4 is 23.3 Å². The Morgan fingerprint density at radius 3 is 2.81 bits per heavy atom. The van der Waals surface area contributed by atoms with Gasteiger partial charge in [0.2, 0.25) is 0 Å². The van der Waals surface area contributed by atoms with Crippen LogP contribution in [-0.4, -0.2) is 37.6 Å². The van der Waals surface area contributed by atoms with Gasteiger partial charge >= 0.3 is 5.97 Å². The molecule has 0 atom stereocenters. The number of nitrogens with one attached hydrogen (secondary N) is 2. The van der Waals surface area contributed by atoms with Crippen LogP contribution in [0.4, 0.5) is 0 Å². The fraction of sp³-hybridized carbons (Fsp3) is 0.643. The number of aliphatic imine (C=N–C) groups is 1. The average Bonchev–Trinajstić information content (AvgIpc) is 2.91. The molecule has 0 radical (unpaired) electrons. The van der Waals surface area contributed by atoms with Crippen molar-refractivity contribution in [1.82, 2.24) is 15.6 Å². The molecule has 1 aromatic heterocycles. The lowest BCUT2D eigenvalue weighted by Crippen LogP contribution is -2.37. The maximum absolute atomic E-state index is 10.9. The van der Waals surface area contributed by atoms with Crippen LogP contribution >= 0.6 is 11.3 Å². The van der Waals surface area contributed by atoms with Crippen molar-refractivity contribution in [3.05, 3.63) is 16.1 Å². The molecule has 0 aliphatic heterocycles. The Balaban J connectivity index is 2.10. The number of nitrogens with zero attached hydrogens (tertiary/aromatic N) is 2. The van der Waals surface area contributed by atoms with Crippen molar-refractivity contribution in [2.75, 3.05) is 20.7 Å². The zero-order chi connectivity index (χ0) is 15.5. The van der Waals surface area contributed by atoms with Crippen LogP contribution in [0.5, 0.6) is 0 Å². The number of ether oxygens (including phenoxy) is 1. The van der Waals surface area contributed by atoms with Crippen molar-refractivity contribution in [3.8, 4) is 0 Å². The number of guanidine groups is 1. The van der Waals surface area contributed by atoms with Gasteiger partial charge in [0.05, 0.1) is 13.7 Å². The molecule has 1 aromatic rings. The summed E-state index contributed by atoms with van der Waals surface area (Å²) in [6.07, 6.45) is 5.21. The van der Waals surface area contributed by atoms with Gasteiger partial charge in [0, 0.05) is 31.1 Å². The molecular formula is C14H24N4O2S. The number of thiazole rings is 1. The summed E-state index contributed by atoms with van der Waals surface area (Å²) in [5.41, 5.74) is 0. The van der Waals surface area contributed by atoms with E-state index in [-0.39, 0.29) is 5.97 Å². The molecule has 0 spiro atoms. The van der Waals surface area contributed by atoms with Crippen LogP contribution in [0.3, 0.4) is 0 Å². The van der Waals surface area contributed by atoms with Gasteiger partial charge in [-0.1, -0.05) is 6.42 Å². The highest BCUT2D eigenvalue weighted by atomic mass is 32.1.